The maximum atomic E-state index is 13.5. The zero-order valence-electron chi connectivity index (χ0n) is 12.1. The smallest absolute Gasteiger partial charge is 0.254 e. The average Bonchev–Trinajstić information content (AvgIpc) is 2.50. The van der Waals surface area contributed by atoms with Gasteiger partial charge in [0.15, 0.2) is 11.6 Å². The van der Waals surface area contributed by atoms with E-state index in [0.29, 0.717) is 0 Å². The fourth-order valence-corrected chi connectivity index (χ4v) is 2.19. The molecule has 3 nitrogen and oxygen atoms in total. The van der Waals surface area contributed by atoms with E-state index < -0.39 is 29.7 Å². The fraction of sp³-hybridized carbons (Fsp3) is 0.235. The lowest BCUT2D eigenvalue weighted by Gasteiger charge is -2.18. The first-order chi connectivity index (χ1) is 10.5. The van der Waals surface area contributed by atoms with Gasteiger partial charge in [-0.1, -0.05) is 36.4 Å². The number of carbonyl (C=O) groups is 1. The lowest BCUT2D eigenvalue weighted by atomic mass is 10.0. The summed E-state index contributed by atoms with van der Waals surface area (Å²) in [6.45, 7) is 1.70. The van der Waals surface area contributed by atoms with Gasteiger partial charge in [-0.25, -0.2) is 8.78 Å². The number of hydrogen-bond acceptors (Lipinski definition) is 2. The summed E-state index contributed by atoms with van der Waals surface area (Å²) in [5.74, 6) is -2.94. The Hall–Kier alpha value is -2.27. The molecule has 0 aliphatic heterocycles. The van der Waals surface area contributed by atoms with Crippen LogP contribution in [0.25, 0.3) is 0 Å². The quantitative estimate of drug-likeness (QED) is 0.891. The van der Waals surface area contributed by atoms with Crippen LogP contribution in [-0.4, -0.2) is 17.1 Å². The van der Waals surface area contributed by atoms with Gasteiger partial charge in [-0.3, -0.25) is 4.79 Å². The van der Waals surface area contributed by atoms with Gasteiger partial charge in [-0.05, 0) is 31.0 Å². The zero-order valence-corrected chi connectivity index (χ0v) is 12.1. The molecule has 0 aliphatic rings. The summed E-state index contributed by atoms with van der Waals surface area (Å²) in [4.78, 5) is 11.9. The minimum absolute atomic E-state index is 0.271. The molecule has 0 heterocycles. The Morgan fingerprint density at radius 3 is 2.50 bits per heavy atom. The number of benzene rings is 2. The maximum Gasteiger partial charge on any atom is 0.254 e. The van der Waals surface area contributed by atoms with Crippen molar-refractivity contribution in [1.29, 1.82) is 0 Å². The SMILES string of the molecule is C[C@@H](C[C@H](O)c1ccccc1)NC(=O)c1cccc(F)c1F. The standard InChI is InChI=1S/C17H17F2NO2/c1-11(10-15(21)12-6-3-2-4-7-12)20-17(22)13-8-5-9-14(18)16(13)19/h2-9,11,15,21H,10H2,1H3,(H,20,22)/t11-,15-/m0/s1. The van der Waals surface area contributed by atoms with Crippen molar-refractivity contribution in [1.82, 2.24) is 5.32 Å². The Morgan fingerprint density at radius 1 is 1.14 bits per heavy atom. The molecule has 0 spiro atoms. The minimum Gasteiger partial charge on any atom is -0.388 e. The van der Waals surface area contributed by atoms with Crippen molar-refractivity contribution in [2.75, 3.05) is 0 Å². The largest absolute Gasteiger partial charge is 0.388 e. The van der Waals surface area contributed by atoms with Crippen LogP contribution in [0.1, 0.15) is 35.4 Å². The molecule has 2 aromatic carbocycles. The molecule has 22 heavy (non-hydrogen) atoms. The molecule has 5 heteroatoms. The Morgan fingerprint density at radius 2 is 1.82 bits per heavy atom. The van der Waals surface area contributed by atoms with Gasteiger partial charge < -0.3 is 10.4 Å². The maximum absolute atomic E-state index is 13.5. The van der Waals surface area contributed by atoms with E-state index >= 15 is 0 Å². The summed E-state index contributed by atoms with van der Waals surface area (Å²) in [7, 11) is 0. The number of halogens is 2. The second-order valence-corrected chi connectivity index (χ2v) is 5.14. The molecule has 0 unspecified atom stereocenters. The van der Waals surface area contributed by atoms with Crippen molar-refractivity contribution in [2.24, 2.45) is 0 Å². The first kappa shape index (κ1) is 16.1. The van der Waals surface area contributed by atoms with Crippen molar-refractivity contribution in [3.05, 3.63) is 71.3 Å². The third-order valence-electron chi connectivity index (χ3n) is 3.33. The molecule has 2 N–H and O–H groups in total. The topological polar surface area (TPSA) is 49.3 Å². The van der Waals surface area contributed by atoms with Gasteiger partial charge in [0.05, 0.1) is 11.7 Å². The Labute approximate surface area is 127 Å². The van der Waals surface area contributed by atoms with E-state index in [1.165, 1.54) is 12.1 Å². The number of nitrogens with one attached hydrogen (secondary N) is 1. The Kier molecular flexibility index (Phi) is 5.22. The van der Waals surface area contributed by atoms with Crippen molar-refractivity contribution < 1.29 is 18.7 Å². The molecule has 0 fully saturated rings. The highest BCUT2D eigenvalue weighted by Gasteiger charge is 2.18. The van der Waals surface area contributed by atoms with Crippen LogP contribution in [0.15, 0.2) is 48.5 Å². The predicted octanol–water partition coefficient (Wildman–Crippen LogP) is 3.21. The van der Waals surface area contributed by atoms with Gasteiger partial charge in [-0.2, -0.15) is 0 Å². The van der Waals surface area contributed by atoms with Crippen molar-refractivity contribution >= 4 is 5.91 Å². The van der Waals surface area contributed by atoms with Crippen LogP contribution in [-0.2, 0) is 0 Å². The highest BCUT2D eigenvalue weighted by atomic mass is 19.2. The highest BCUT2D eigenvalue weighted by molar-refractivity contribution is 5.94. The van der Waals surface area contributed by atoms with Gasteiger partial charge in [0.1, 0.15) is 0 Å². The van der Waals surface area contributed by atoms with Crippen LogP contribution in [0, 0.1) is 11.6 Å². The van der Waals surface area contributed by atoms with Crippen LogP contribution in [0.4, 0.5) is 8.78 Å². The number of aliphatic hydroxyl groups is 1. The number of carbonyl (C=O) groups excluding carboxylic acids is 1. The molecule has 2 atom stereocenters. The van der Waals surface area contributed by atoms with E-state index in [9.17, 15) is 18.7 Å². The summed E-state index contributed by atoms with van der Waals surface area (Å²) in [5, 5.41) is 12.6. The van der Waals surface area contributed by atoms with E-state index in [4.69, 9.17) is 0 Å². The van der Waals surface area contributed by atoms with E-state index in [-0.39, 0.29) is 12.0 Å². The summed E-state index contributed by atoms with van der Waals surface area (Å²) in [5.41, 5.74) is 0.390. The average molecular weight is 305 g/mol. The number of aliphatic hydroxyl groups excluding tert-OH is 1. The molecule has 0 aromatic heterocycles. The number of amides is 1. The molecule has 2 aromatic rings. The Bertz CT molecular complexity index is 646. The second-order valence-electron chi connectivity index (χ2n) is 5.14. The molecular formula is C17H17F2NO2. The van der Waals surface area contributed by atoms with Crippen molar-refractivity contribution in [2.45, 2.75) is 25.5 Å². The molecule has 0 radical (unpaired) electrons. The second kappa shape index (κ2) is 7.13. The minimum atomic E-state index is -1.17. The molecule has 0 saturated heterocycles. The zero-order chi connectivity index (χ0) is 16.1. The number of rotatable bonds is 5. The van der Waals surface area contributed by atoms with Crippen LogP contribution < -0.4 is 5.32 Å². The van der Waals surface area contributed by atoms with Gasteiger partial charge in [0.2, 0.25) is 0 Å². The lowest BCUT2D eigenvalue weighted by molar-refractivity contribution is 0.0912. The number of hydrogen-bond donors (Lipinski definition) is 2. The molecule has 116 valence electrons. The third-order valence-corrected chi connectivity index (χ3v) is 3.33. The third kappa shape index (κ3) is 3.89. The summed E-state index contributed by atoms with van der Waals surface area (Å²) in [6.07, 6.45) is -0.471. The van der Waals surface area contributed by atoms with E-state index in [0.717, 1.165) is 11.6 Å². The summed E-state index contributed by atoms with van der Waals surface area (Å²) < 4.78 is 26.7. The van der Waals surface area contributed by atoms with Crippen LogP contribution in [0.2, 0.25) is 0 Å². The van der Waals surface area contributed by atoms with Gasteiger partial charge >= 0.3 is 0 Å². The van der Waals surface area contributed by atoms with E-state index in [2.05, 4.69) is 5.32 Å². The molecule has 0 aliphatic carbocycles. The summed E-state index contributed by atoms with van der Waals surface area (Å²) in [6, 6.07) is 12.1. The fourth-order valence-electron chi connectivity index (χ4n) is 2.19. The van der Waals surface area contributed by atoms with E-state index in [1.54, 1.807) is 19.1 Å². The van der Waals surface area contributed by atoms with Crippen molar-refractivity contribution in [3.8, 4) is 0 Å². The molecule has 0 bridgehead atoms. The predicted molar refractivity (Wildman–Crippen MR) is 79.3 cm³/mol. The van der Waals surface area contributed by atoms with Crippen LogP contribution >= 0.6 is 0 Å². The van der Waals surface area contributed by atoms with Crippen molar-refractivity contribution in [3.63, 3.8) is 0 Å². The Balaban J connectivity index is 1.98. The molecule has 1 amide bonds. The first-order valence-electron chi connectivity index (χ1n) is 6.97. The van der Waals surface area contributed by atoms with Crippen LogP contribution in [0.3, 0.4) is 0 Å². The monoisotopic (exact) mass is 305 g/mol. The van der Waals surface area contributed by atoms with Gasteiger partial charge in [-0.15, -0.1) is 0 Å². The van der Waals surface area contributed by atoms with Gasteiger partial charge in [0, 0.05) is 6.04 Å². The normalized spacial score (nSPS) is 13.5. The summed E-state index contributed by atoms with van der Waals surface area (Å²) >= 11 is 0. The van der Waals surface area contributed by atoms with Gasteiger partial charge in [0.25, 0.3) is 5.91 Å². The molecule has 0 saturated carbocycles. The lowest BCUT2D eigenvalue weighted by Crippen LogP contribution is -2.34. The van der Waals surface area contributed by atoms with Crippen LogP contribution in [0.5, 0.6) is 0 Å². The highest BCUT2D eigenvalue weighted by Crippen LogP contribution is 2.18. The first-order valence-corrected chi connectivity index (χ1v) is 6.97. The molecule has 2 rings (SSSR count). The molecular weight excluding hydrogens is 288 g/mol. The van der Waals surface area contributed by atoms with E-state index in [1.807, 2.05) is 18.2 Å².